The van der Waals surface area contributed by atoms with Crippen LogP contribution in [0.3, 0.4) is 0 Å². The Morgan fingerprint density at radius 1 is 1.35 bits per heavy atom. The average Bonchev–Trinajstić information content (AvgIpc) is 2.28. The normalized spacial score (nSPS) is 11.9. The molecule has 1 aromatic carbocycles. The monoisotopic (exact) mass is 243 g/mol. The lowest BCUT2D eigenvalue weighted by Crippen LogP contribution is -2.28. The summed E-state index contributed by atoms with van der Waals surface area (Å²) < 4.78 is 32.6. The summed E-state index contributed by atoms with van der Waals surface area (Å²) >= 11 is 0. The highest BCUT2D eigenvalue weighted by Gasteiger charge is 2.34. The van der Waals surface area contributed by atoms with Crippen molar-refractivity contribution in [3.63, 3.8) is 0 Å². The summed E-state index contributed by atoms with van der Waals surface area (Å²) in [5.41, 5.74) is 0.921. The number of likely N-dealkylation sites (N-methyl/N-ethyl adjacent to an activating group) is 1. The summed E-state index contributed by atoms with van der Waals surface area (Å²) in [4.78, 5) is 0. The van der Waals surface area contributed by atoms with E-state index in [2.05, 4.69) is 5.32 Å². The molecular formula is C13H19F2NO. The van der Waals surface area contributed by atoms with Gasteiger partial charge in [0, 0.05) is 0 Å². The van der Waals surface area contributed by atoms with Crippen LogP contribution in [0, 0.1) is 0 Å². The number of hydrogen-bond acceptors (Lipinski definition) is 2. The van der Waals surface area contributed by atoms with Crippen LogP contribution < -0.4 is 10.1 Å². The van der Waals surface area contributed by atoms with Gasteiger partial charge in [-0.3, -0.25) is 0 Å². The Balaban J connectivity index is 3.16. The molecule has 0 aliphatic rings. The molecule has 0 amide bonds. The lowest BCUT2D eigenvalue weighted by molar-refractivity contribution is -0.00343. The molecule has 0 bridgehead atoms. The zero-order valence-corrected chi connectivity index (χ0v) is 10.7. The average molecular weight is 243 g/mol. The Bertz CT molecular complexity index is 378. The summed E-state index contributed by atoms with van der Waals surface area (Å²) in [6, 6.07) is 4.86. The van der Waals surface area contributed by atoms with Gasteiger partial charge in [-0.05, 0) is 30.7 Å². The van der Waals surface area contributed by atoms with Crippen LogP contribution >= 0.6 is 0 Å². The van der Waals surface area contributed by atoms with Crippen LogP contribution in [0.25, 0.3) is 0 Å². The molecule has 0 atom stereocenters. The Kier molecular flexibility index (Phi) is 4.46. The third-order valence-electron chi connectivity index (χ3n) is 2.69. The van der Waals surface area contributed by atoms with Gasteiger partial charge in [-0.25, -0.2) is 0 Å². The van der Waals surface area contributed by atoms with E-state index in [0.29, 0.717) is 0 Å². The van der Waals surface area contributed by atoms with E-state index in [1.54, 1.807) is 12.1 Å². The minimum Gasteiger partial charge on any atom is -0.496 e. The second kappa shape index (κ2) is 5.45. The molecule has 0 fully saturated rings. The number of methoxy groups -OCH3 is 1. The number of rotatable bonds is 5. The van der Waals surface area contributed by atoms with Crippen molar-refractivity contribution in [1.29, 1.82) is 0 Å². The van der Waals surface area contributed by atoms with E-state index >= 15 is 0 Å². The summed E-state index contributed by atoms with van der Waals surface area (Å²) in [6.45, 7) is 3.63. The number of ether oxygens (including phenoxy) is 1. The maximum Gasteiger partial charge on any atom is 0.288 e. The van der Waals surface area contributed by atoms with Gasteiger partial charge in [0.05, 0.1) is 19.2 Å². The molecular weight excluding hydrogens is 224 g/mol. The van der Waals surface area contributed by atoms with Gasteiger partial charge in [-0.2, -0.15) is 8.78 Å². The largest absolute Gasteiger partial charge is 0.496 e. The number of nitrogens with one attached hydrogen (secondary N) is 1. The van der Waals surface area contributed by atoms with Gasteiger partial charge in [0.2, 0.25) is 0 Å². The van der Waals surface area contributed by atoms with E-state index in [1.165, 1.54) is 20.2 Å². The molecule has 96 valence electrons. The molecule has 0 radical (unpaired) electrons. The summed E-state index contributed by atoms with van der Waals surface area (Å²) in [5, 5.41) is 2.49. The lowest BCUT2D eigenvalue weighted by Gasteiger charge is -2.20. The smallest absolute Gasteiger partial charge is 0.288 e. The first-order chi connectivity index (χ1) is 7.92. The molecule has 1 aromatic rings. The van der Waals surface area contributed by atoms with Crippen LogP contribution in [0.1, 0.15) is 30.9 Å². The van der Waals surface area contributed by atoms with Gasteiger partial charge in [-0.1, -0.05) is 19.9 Å². The zero-order valence-electron chi connectivity index (χ0n) is 10.7. The lowest BCUT2D eigenvalue weighted by atomic mass is 9.98. The van der Waals surface area contributed by atoms with Crippen LogP contribution in [0.4, 0.5) is 8.78 Å². The highest BCUT2D eigenvalue weighted by Crippen LogP contribution is 2.36. The second-order valence-electron chi connectivity index (χ2n) is 4.35. The number of benzene rings is 1. The van der Waals surface area contributed by atoms with Gasteiger partial charge in [0.25, 0.3) is 5.92 Å². The van der Waals surface area contributed by atoms with E-state index in [-0.39, 0.29) is 17.2 Å². The zero-order chi connectivity index (χ0) is 13.1. The minimum atomic E-state index is -2.92. The van der Waals surface area contributed by atoms with Gasteiger partial charge < -0.3 is 10.1 Å². The Hall–Kier alpha value is -1.16. The fourth-order valence-electron chi connectivity index (χ4n) is 1.69. The fraction of sp³-hybridized carbons (Fsp3) is 0.538. The van der Waals surface area contributed by atoms with Crippen molar-refractivity contribution in [1.82, 2.24) is 5.32 Å². The topological polar surface area (TPSA) is 21.3 Å². The molecule has 1 N–H and O–H groups in total. The van der Waals surface area contributed by atoms with Crippen molar-refractivity contribution in [2.45, 2.75) is 25.7 Å². The minimum absolute atomic E-state index is 0.0706. The fourth-order valence-corrected chi connectivity index (χ4v) is 1.69. The first kappa shape index (κ1) is 13.9. The first-order valence-electron chi connectivity index (χ1n) is 5.63. The van der Waals surface area contributed by atoms with Gasteiger partial charge >= 0.3 is 0 Å². The van der Waals surface area contributed by atoms with Crippen molar-refractivity contribution in [3.8, 4) is 5.75 Å². The maximum atomic E-state index is 13.8. The first-order valence-corrected chi connectivity index (χ1v) is 5.63. The molecule has 0 spiro atoms. The quantitative estimate of drug-likeness (QED) is 0.857. The van der Waals surface area contributed by atoms with Gasteiger partial charge in [-0.15, -0.1) is 0 Å². The van der Waals surface area contributed by atoms with Crippen LogP contribution in [-0.4, -0.2) is 20.7 Å². The van der Waals surface area contributed by atoms with E-state index in [1.807, 2.05) is 13.8 Å². The van der Waals surface area contributed by atoms with Crippen LogP contribution in [0.2, 0.25) is 0 Å². The molecule has 2 nitrogen and oxygen atoms in total. The van der Waals surface area contributed by atoms with Gasteiger partial charge in [0.1, 0.15) is 5.75 Å². The van der Waals surface area contributed by atoms with Crippen molar-refractivity contribution in [3.05, 3.63) is 29.3 Å². The molecule has 0 heterocycles. The molecule has 0 aromatic heterocycles. The Morgan fingerprint density at radius 3 is 2.47 bits per heavy atom. The van der Waals surface area contributed by atoms with Crippen molar-refractivity contribution >= 4 is 0 Å². The van der Waals surface area contributed by atoms with Crippen molar-refractivity contribution in [2.75, 3.05) is 20.7 Å². The molecule has 0 aliphatic heterocycles. The second-order valence-corrected chi connectivity index (χ2v) is 4.35. The molecule has 1 rings (SSSR count). The standard InChI is InChI=1S/C13H19F2NO/c1-9(2)10-5-6-11(12(7-10)17-4)13(14,15)8-16-3/h5-7,9,16H,8H2,1-4H3. The molecule has 17 heavy (non-hydrogen) atoms. The summed E-state index contributed by atoms with van der Waals surface area (Å²) in [6.07, 6.45) is 0. The Labute approximate surface area is 101 Å². The highest BCUT2D eigenvalue weighted by molar-refractivity contribution is 5.41. The van der Waals surface area contributed by atoms with E-state index < -0.39 is 12.5 Å². The maximum absolute atomic E-state index is 13.8. The molecule has 0 unspecified atom stereocenters. The van der Waals surface area contributed by atoms with Crippen molar-refractivity contribution < 1.29 is 13.5 Å². The highest BCUT2D eigenvalue weighted by atomic mass is 19.3. The van der Waals surface area contributed by atoms with Crippen molar-refractivity contribution in [2.24, 2.45) is 0 Å². The summed E-state index contributed by atoms with van der Waals surface area (Å²) in [7, 11) is 2.92. The third kappa shape index (κ3) is 3.16. The molecule has 0 saturated carbocycles. The number of hydrogen-bond donors (Lipinski definition) is 1. The predicted octanol–water partition coefficient (Wildman–Crippen LogP) is 3.13. The molecule has 4 heteroatoms. The van der Waals surface area contributed by atoms with Crippen LogP contribution in [0.15, 0.2) is 18.2 Å². The van der Waals surface area contributed by atoms with Gasteiger partial charge in [0.15, 0.2) is 0 Å². The van der Waals surface area contributed by atoms with E-state index in [0.717, 1.165) is 5.56 Å². The van der Waals surface area contributed by atoms with E-state index in [4.69, 9.17) is 4.74 Å². The Morgan fingerprint density at radius 2 is 2.00 bits per heavy atom. The van der Waals surface area contributed by atoms with Crippen LogP contribution in [0.5, 0.6) is 5.75 Å². The van der Waals surface area contributed by atoms with E-state index in [9.17, 15) is 8.78 Å². The third-order valence-corrected chi connectivity index (χ3v) is 2.69. The van der Waals surface area contributed by atoms with Crippen LogP contribution in [-0.2, 0) is 5.92 Å². The predicted molar refractivity (Wildman–Crippen MR) is 64.9 cm³/mol. The number of alkyl halides is 2. The molecule has 0 saturated heterocycles. The SMILES string of the molecule is CNCC(F)(F)c1ccc(C(C)C)cc1OC. The molecule has 0 aliphatic carbocycles. The number of halogens is 2. The summed E-state index contributed by atoms with van der Waals surface area (Å²) in [5.74, 6) is -2.39.